The van der Waals surface area contributed by atoms with Gasteiger partial charge in [0.2, 0.25) is 11.2 Å². The maximum Gasteiger partial charge on any atom is 0.453 e. The number of fused-ring (bicyclic) bond motifs is 1. The average molecular weight is 464 g/mol. The Kier molecular flexibility index (Phi) is 6.22. The van der Waals surface area contributed by atoms with Gasteiger partial charge in [-0.2, -0.15) is 13.2 Å². The summed E-state index contributed by atoms with van der Waals surface area (Å²) in [5.41, 5.74) is -1.17. The highest BCUT2D eigenvalue weighted by Crippen LogP contribution is 2.41. The van der Waals surface area contributed by atoms with Gasteiger partial charge in [-0.15, -0.1) is 0 Å². The maximum absolute atomic E-state index is 14.0. The molecule has 4 rings (SSSR count). The number of phenolic OH excluding ortho intramolecular Hbond substituents is 1. The van der Waals surface area contributed by atoms with Crippen LogP contribution in [0.15, 0.2) is 45.6 Å². The second-order valence-corrected chi connectivity index (χ2v) is 7.86. The first-order valence-corrected chi connectivity index (χ1v) is 10.3. The van der Waals surface area contributed by atoms with Gasteiger partial charge < -0.3 is 23.9 Å². The fourth-order valence-electron chi connectivity index (χ4n) is 3.76. The van der Waals surface area contributed by atoms with Gasteiger partial charge in [0.25, 0.3) is 5.76 Å². The maximum atomic E-state index is 14.0. The number of para-hydroxylation sites is 2. The Bertz CT molecular complexity index is 1220. The van der Waals surface area contributed by atoms with Gasteiger partial charge in [-0.25, -0.2) is 0 Å². The van der Waals surface area contributed by atoms with Crippen molar-refractivity contribution in [2.45, 2.75) is 12.7 Å². The fourth-order valence-corrected chi connectivity index (χ4v) is 3.76. The van der Waals surface area contributed by atoms with Crippen molar-refractivity contribution in [3.63, 3.8) is 0 Å². The summed E-state index contributed by atoms with van der Waals surface area (Å²) in [6.07, 6.45) is -5.01. The topological polar surface area (TPSA) is 75.4 Å². The minimum absolute atomic E-state index is 0.0615. The lowest BCUT2D eigenvalue weighted by molar-refractivity contribution is -0.154. The second-order valence-electron chi connectivity index (χ2n) is 7.86. The Morgan fingerprint density at radius 3 is 2.36 bits per heavy atom. The number of hydrogen-bond acceptors (Lipinski definition) is 7. The molecule has 2 aromatic carbocycles. The lowest BCUT2D eigenvalue weighted by Gasteiger charge is -2.32. The van der Waals surface area contributed by atoms with Gasteiger partial charge in [0.15, 0.2) is 11.5 Å². The number of halogens is 3. The minimum Gasteiger partial charge on any atom is -0.507 e. The molecule has 1 aromatic heterocycles. The molecule has 1 fully saturated rings. The predicted octanol–water partition coefficient (Wildman–Crippen LogP) is 4.07. The van der Waals surface area contributed by atoms with Crippen LogP contribution in [-0.4, -0.2) is 55.2 Å². The standard InChI is InChI=1S/C23H23F3N2O5/c1-27-9-11-28(12-10-27)13-15-16(29)8-7-14-19(30)21(22(23(24,25)26)33-20(14)15)32-18-6-4-3-5-17(18)31-2/h3-8,29H,9-13H2,1-2H3. The summed E-state index contributed by atoms with van der Waals surface area (Å²) < 4.78 is 57.6. The SMILES string of the molecule is COc1ccccc1Oc1c(C(F)(F)F)oc2c(CN3CCN(C)CC3)c(O)ccc2c1=O. The third-order valence-corrected chi connectivity index (χ3v) is 5.61. The van der Waals surface area contributed by atoms with Crippen LogP contribution in [0.2, 0.25) is 0 Å². The first-order chi connectivity index (χ1) is 15.7. The summed E-state index contributed by atoms with van der Waals surface area (Å²) in [5, 5.41) is 10.3. The first-order valence-electron chi connectivity index (χ1n) is 10.3. The molecular formula is C23H23F3N2O5. The number of phenols is 1. The van der Waals surface area contributed by atoms with Crippen molar-refractivity contribution in [3.8, 4) is 23.0 Å². The van der Waals surface area contributed by atoms with E-state index in [1.807, 2.05) is 11.9 Å². The molecule has 0 spiro atoms. The van der Waals surface area contributed by atoms with Crippen LogP contribution in [0, 0.1) is 0 Å². The zero-order valence-electron chi connectivity index (χ0n) is 18.1. The van der Waals surface area contributed by atoms with E-state index >= 15 is 0 Å². The molecule has 0 unspecified atom stereocenters. The molecule has 1 aliphatic rings. The van der Waals surface area contributed by atoms with E-state index in [0.717, 1.165) is 13.1 Å². The van der Waals surface area contributed by atoms with Gasteiger partial charge in [0.1, 0.15) is 11.3 Å². The molecular weight excluding hydrogens is 441 g/mol. The van der Waals surface area contributed by atoms with Crippen LogP contribution in [0.1, 0.15) is 11.3 Å². The molecule has 33 heavy (non-hydrogen) atoms. The van der Waals surface area contributed by atoms with Crippen molar-refractivity contribution < 1.29 is 32.2 Å². The molecule has 0 radical (unpaired) electrons. The molecule has 0 saturated carbocycles. The molecule has 1 saturated heterocycles. The number of ether oxygens (including phenoxy) is 2. The highest BCUT2D eigenvalue weighted by molar-refractivity contribution is 5.83. The Hall–Kier alpha value is -3.24. The number of hydrogen-bond donors (Lipinski definition) is 1. The molecule has 0 atom stereocenters. The van der Waals surface area contributed by atoms with E-state index in [1.54, 1.807) is 12.1 Å². The van der Waals surface area contributed by atoms with Crippen LogP contribution in [0.3, 0.4) is 0 Å². The van der Waals surface area contributed by atoms with E-state index in [-0.39, 0.29) is 40.3 Å². The van der Waals surface area contributed by atoms with Crippen LogP contribution in [0.25, 0.3) is 11.0 Å². The Balaban J connectivity index is 1.86. The van der Waals surface area contributed by atoms with E-state index in [1.165, 1.54) is 31.4 Å². The largest absolute Gasteiger partial charge is 0.507 e. The van der Waals surface area contributed by atoms with Gasteiger partial charge in [0.05, 0.1) is 18.1 Å². The normalized spacial score (nSPS) is 15.7. The van der Waals surface area contributed by atoms with Gasteiger partial charge >= 0.3 is 6.18 Å². The van der Waals surface area contributed by atoms with Crippen molar-refractivity contribution in [1.29, 1.82) is 0 Å². The molecule has 10 heteroatoms. The summed E-state index contributed by atoms with van der Waals surface area (Å²) in [4.78, 5) is 17.3. The summed E-state index contributed by atoms with van der Waals surface area (Å²) in [6.45, 7) is 3.03. The van der Waals surface area contributed by atoms with Crippen molar-refractivity contribution in [2.24, 2.45) is 0 Å². The molecule has 176 valence electrons. The van der Waals surface area contributed by atoms with Crippen LogP contribution in [-0.2, 0) is 12.7 Å². The third kappa shape index (κ3) is 4.62. The van der Waals surface area contributed by atoms with Gasteiger partial charge in [0, 0.05) is 32.7 Å². The van der Waals surface area contributed by atoms with Gasteiger partial charge in [-0.3, -0.25) is 9.69 Å². The van der Waals surface area contributed by atoms with Crippen molar-refractivity contribution >= 4 is 11.0 Å². The summed E-state index contributed by atoms with van der Waals surface area (Å²) in [5.74, 6) is -2.71. The lowest BCUT2D eigenvalue weighted by atomic mass is 10.1. The predicted molar refractivity (Wildman–Crippen MR) is 115 cm³/mol. The molecule has 0 amide bonds. The Morgan fingerprint density at radius 1 is 1.06 bits per heavy atom. The number of likely N-dealkylation sites (N-methyl/N-ethyl adjacent to an activating group) is 1. The number of aromatic hydroxyl groups is 1. The Labute approximate surface area is 187 Å². The average Bonchev–Trinajstić information content (AvgIpc) is 2.78. The van der Waals surface area contributed by atoms with E-state index < -0.39 is 23.1 Å². The third-order valence-electron chi connectivity index (χ3n) is 5.61. The second kappa shape index (κ2) is 8.95. The Morgan fingerprint density at radius 2 is 1.73 bits per heavy atom. The highest BCUT2D eigenvalue weighted by Gasteiger charge is 2.41. The first kappa shape index (κ1) is 22.9. The molecule has 1 aliphatic heterocycles. The quantitative estimate of drug-likeness (QED) is 0.610. The van der Waals surface area contributed by atoms with Crippen molar-refractivity contribution in [3.05, 3.63) is 57.9 Å². The van der Waals surface area contributed by atoms with Crippen LogP contribution in [0.4, 0.5) is 13.2 Å². The van der Waals surface area contributed by atoms with Gasteiger partial charge in [-0.05, 0) is 31.3 Å². The number of piperazine rings is 1. The fraction of sp³-hybridized carbons (Fsp3) is 0.348. The summed E-state index contributed by atoms with van der Waals surface area (Å²) in [6, 6.07) is 8.56. The zero-order chi connectivity index (χ0) is 23.8. The molecule has 7 nitrogen and oxygen atoms in total. The molecule has 0 aliphatic carbocycles. The molecule has 2 heterocycles. The minimum atomic E-state index is -5.01. The molecule has 3 aromatic rings. The number of benzene rings is 2. The number of nitrogens with zero attached hydrogens (tertiary/aromatic N) is 2. The monoisotopic (exact) mass is 464 g/mol. The van der Waals surface area contributed by atoms with E-state index in [4.69, 9.17) is 13.9 Å². The number of alkyl halides is 3. The van der Waals surface area contributed by atoms with Crippen LogP contribution >= 0.6 is 0 Å². The van der Waals surface area contributed by atoms with E-state index in [0.29, 0.717) is 13.1 Å². The highest BCUT2D eigenvalue weighted by atomic mass is 19.4. The number of rotatable bonds is 5. The van der Waals surface area contributed by atoms with Crippen LogP contribution < -0.4 is 14.9 Å². The summed E-state index contributed by atoms with van der Waals surface area (Å²) in [7, 11) is 3.31. The van der Waals surface area contributed by atoms with Crippen molar-refractivity contribution in [1.82, 2.24) is 9.80 Å². The zero-order valence-corrected chi connectivity index (χ0v) is 18.1. The molecule has 1 N–H and O–H groups in total. The number of methoxy groups -OCH3 is 1. The van der Waals surface area contributed by atoms with Crippen LogP contribution in [0.5, 0.6) is 23.0 Å². The smallest absolute Gasteiger partial charge is 0.453 e. The van der Waals surface area contributed by atoms with Crippen molar-refractivity contribution in [2.75, 3.05) is 40.3 Å². The van der Waals surface area contributed by atoms with E-state index in [2.05, 4.69) is 4.90 Å². The van der Waals surface area contributed by atoms with Gasteiger partial charge in [-0.1, -0.05) is 12.1 Å². The van der Waals surface area contributed by atoms with E-state index in [9.17, 15) is 23.1 Å². The summed E-state index contributed by atoms with van der Waals surface area (Å²) >= 11 is 0. The lowest BCUT2D eigenvalue weighted by Crippen LogP contribution is -2.43. The molecule has 0 bridgehead atoms.